The van der Waals surface area contributed by atoms with Gasteiger partial charge in [0.25, 0.3) is 0 Å². The van der Waals surface area contributed by atoms with Crippen molar-refractivity contribution in [2.45, 2.75) is 6.61 Å². The van der Waals surface area contributed by atoms with Gasteiger partial charge in [0.2, 0.25) is 5.88 Å². The van der Waals surface area contributed by atoms with Gasteiger partial charge in [-0.05, 0) is 29.8 Å². The highest BCUT2D eigenvalue weighted by molar-refractivity contribution is 5.85. The minimum atomic E-state index is 0.505. The predicted molar refractivity (Wildman–Crippen MR) is 99.0 cm³/mol. The van der Waals surface area contributed by atoms with Crippen molar-refractivity contribution in [3.63, 3.8) is 0 Å². The molecule has 0 saturated heterocycles. The second-order valence-electron chi connectivity index (χ2n) is 5.67. The predicted octanol–water partition coefficient (Wildman–Crippen LogP) is 5.61. The molecule has 0 N–H and O–H groups in total. The molecule has 0 atom stereocenters. The molecular weight excluding hydrogens is 310 g/mol. The molecule has 4 rings (SSSR count). The number of hydrogen-bond acceptors (Lipinski definition) is 3. The molecular formula is C22H17NO2. The molecule has 0 unspecified atom stereocenters. The second kappa shape index (κ2) is 7.05. The third kappa shape index (κ3) is 3.61. The first-order valence-corrected chi connectivity index (χ1v) is 8.18. The van der Waals surface area contributed by atoms with Crippen molar-refractivity contribution in [1.29, 1.82) is 0 Å². The summed E-state index contributed by atoms with van der Waals surface area (Å²) in [5, 5.41) is 1.02. The second-order valence-corrected chi connectivity index (χ2v) is 5.67. The van der Waals surface area contributed by atoms with E-state index in [2.05, 4.69) is 4.98 Å². The number of hydrogen-bond donors (Lipinski definition) is 0. The number of pyridine rings is 1. The first-order chi connectivity index (χ1) is 12.4. The number of nitrogens with zero attached hydrogens (tertiary/aromatic N) is 1. The number of benzene rings is 3. The zero-order valence-electron chi connectivity index (χ0n) is 13.6. The van der Waals surface area contributed by atoms with Crippen LogP contribution in [0.1, 0.15) is 5.56 Å². The van der Waals surface area contributed by atoms with E-state index in [0.717, 1.165) is 28.0 Å². The van der Waals surface area contributed by atoms with Gasteiger partial charge in [-0.1, -0.05) is 60.7 Å². The summed E-state index contributed by atoms with van der Waals surface area (Å²) in [6.07, 6.45) is 0. The molecule has 0 radical (unpaired) electrons. The molecule has 0 spiro atoms. The summed E-state index contributed by atoms with van der Waals surface area (Å²) in [6, 6.07) is 29.5. The van der Waals surface area contributed by atoms with Crippen molar-refractivity contribution in [3.05, 3.63) is 96.6 Å². The van der Waals surface area contributed by atoms with E-state index < -0.39 is 0 Å². The van der Waals surface area contributed by atoms with Gasteiger partial charge in [-0.3, -0.25) is 0 Å². The minimum Gasteiger partial charge on any atom is -0.487 e. The molecule has 3 heteroatoms. The zero-order chi connectivity index (χ0) is 16.9. The third-order valence-corrected chi connectivity index (χ3v) is 3.86. The van der Waals surface area contributed by atoms with Crippen molar-refractivity contribution in [1.82, 2.24) is 4.98 Å². The van der Waals surface area contributed by atoms with Crippen molar-refractivity contribution in [2.24, 2.45) is 0 Å². The summed E-state index contributed by atoms with van der Waals surface area (Å²) in [7, 11) is 0. The standard InChI is InChI=1S/C22H17NO2/c1-3-8-17(9-4-1)16-24-20-13-7-10-18-14-15-21(23-22(18)20)25-19-11-5-2-6-12-19/h1-15H,16H2. The molecule has 122 valence electrons. The topological polar surface area (TPSA) is 31.4 Å². The molecule has 1 heterocycles. The smallest absolute Gasteiger partial charge is 0.219 e. The Hall–Kier alpha value is -3.33. The molecule has 3 aromatic carbocycles. The fraction of sp³-hybridized carbons (Fsp3) is 0.0455. The quantitative estimate of drug-likeness (QED) is 0.478. The number of ether oxygens (including phenoxy) is 2. The molecule has 0 aliphatic heterocycles. The Bertz CT molecular complexity index is 969. The van der Waals surface area contributed by atoms with Crippen molar-refractivity contribution in [2.75, 3.05) is 0 Å². The van der Waals surface area contributed by atoms with Gasteiger partial charge in [0.1, 0.15) is 23.6 Å². The Morgan fingerprint density at radius 1 is 0.680 bits per heavy atom. The molecule has 0 bridgehead atoms. The molecule has 3 nitrogen and oxygen atoms in total. The van der Waals surface area contributed by atoms with Crippen LogP contribution < -0.4 is 9.47 Å². The molecule has 1 aromatic heterocycles. The van der Waals surface area contributed by atoms with E-state index in [1.54, 1.807) is 0 Å². The van der Waals surface area contributed by atoms with Crippen LogP contribution in [-0.2, 0) is 6.61 Å². The lowest BCUT2D eigenvalue weighted by atomic mass is 10.2. The van der Waals surface area contributed by atoms with Gasteiger partial charge >= 0.3 is 0 Å². The highest BCUT2D eigenvalue weighted by atomic mass is 16.5. The van der Waals surface area contributed by atoms with Crippen LogP contribution >= 0.6 is 0 Å². The average molecular weight is 327 g/mol. The van der Waals surface area contributed by atoms with E-state index in [0.29, 0.717) is 12.5 Å². The minimum absolute atomic E-state index is 0.505. The first kappa shape index (κ1) is 15.2. The van der Waals surface area contributed by atoms with Gasteiger partial charge in [-0.15, -0.1) is 0 Å². The number of para-hydroxylation sites is 2. The Labute approximate surface area is 146 Å². The molecule has 0 aliphatic carbocycles. The van der Waals surface area contributed by atoms with Crippen LogP contribution in [0.4, 0.5) is 0 Å². The maximum atomic E-state index is 5.99. The van der Waals surface area contributed by atoms with Crippen molar-refractivity contribution in [3.8, 4) is 17.4 Å². The third-order valence-electron chi connectivity index (χ3n) is 3.86. The lowest BCUT2D eigenvalue weighted by molar-refractivity contribution is 0.309. The summed E-state index contributed by atoms with van der Waals surface area (Å²) in [4.78, 5) is 4.64. The summed E-state index contributed by atoms with van der Waals surface area (Å²) in [5.74, 6) is 2.06. The average Bonchev–Trinajstić information content (AvgIpc) is 2.68. The first-order valence-electron chi connectivity index (χ1n) is 8.18. The fourth-order valence-corrected chi connectivity index (χ4v) is 2.62. The Kier molecular flexibility index (Phi) is 4.29. The van der Waals surface area contributed by atoms with E-state index in [-0.39, 0.29) is 0 Å². The molecule has 4 aromatic rings. The van der Waals surface area contributed by atoms with Gasteiger partial charge < -0.3 is 9.47 Å². The van der Waals surface area contributed by atoms with Crippen LogP contribution in [0, 0.1) is 0 Å². The fourth-order valence-electron chi connectivity index (χ4n) is 2.62. The van der Waals surface area contributed by atoms with Gasteiger partial charge in [0.05, 0.1) is 0 Å². The Morgan fingerprint density at radius 2 is 1.44 bits per heavy atom. The maximum Gasteiger partial charge on any atom is 0.219 e. The largest absolute Gasteiger partial charge is 0.487 e. The van der Waals surface area contributed by atoms with Crippen molar-refractivity contribution >= 4 is 10.9 Å². The van der Waals surface area contributed by atoms with Crippen LogP contribution in [0.3, 0.4) is 0 Å². The molecule has 0 saturated carbocycles. The van der Waals surface area contributed by atoms with Gasteiger partial charge in [-0.2, -0.15) is 0 Å². The molecule has 0 amide bonds. The lowest BCUT2D eigenvalue weighted by Crippen LogP contribution is -1.97. The van der Waals surface area contributed by atoms with E-state index in [4.69, 9.17) is 9.47 Å². The zero-order valence-corrected chi connectivity index (χ0v) is 13.6. The lowest BCUT2D eigenvalue weighted by Gasteiger charge is -2.10. The maximum absolute atomic E-state index is 5.99. The van der Waals surface area contributed by atoms with Crippen molar-refractivity contribution < 1.29 is 9.47 Å². The van der Waals surface area contributed by atoms with Gasteiger partial charge in [0.15, 0.2) is 0 Å². The van der Waals surface area contributed by atoms with Crippen LogP contribution in [0.5, 0.6) is 17.4 Å². The van der Waals surface area contributed by atoms with E-state index in [1.165, 1.54) is 0 Å². The number of fused-ring (bicyclic) bond motifs is 1. The van der Waals surface area contributed by atoms with Gasteiger partial charge in [0, 0.05) is 11.5 Å². The summed E-state index contributed by atoms with van der Waals surface area (Å²) < 4.78 is 11.8. The number of rotatable bonds is 5. The monoisotopic (exact) mass is 327 g/mol. The molecule has 0 fully saturated rings. The highest BCUT2D eigenvalue weighted by Gasteiger charge is 2.07. The molecule has 0 aliphatic rings. The van der Waals surface area contributed by atoms with Crippen LogP contribution in [0.2, 0.25) is 0 Å². The Balaban J connectivity index is 1.61. The van der Waals surface area contributed by atoms with Crippen LogP contribution in [0.15, 0.2) is 91.0 Å². The van der Waals surface area contributed by atoms with Crippen LogP contribution in [0.25, 0.3) is 10.9 Å². The number of aromatic nitrogens is 1. The van der Waals surface area contributed by atoms with E-state index >= 15 is 0 Å². The van der Waals surface area contributed by atoms with Gasteiger partial charge in [-0.25, -0.2) is 4.98 Å². The summed E-state index contributed by atoms with van der Waals surface area (Å²) in [5.41, 5.74) is 1.92. The van der Waals surface area contributed by atoms with E-state index in [9.17, 15) is 0 Å². The van der Waals surface area contributed by atoms with E-state index in [1.807, 2.05) is 91.0 Å². The summed E-state index contributed by atoms with van der Waals surface area (Å²) in [6.45, 7) is 0.505. The highest BCUT2D eigenvalue weighted by Crippen LogP contribution is 2.28. The molecule has 25 heavy (non-hydrogen) atoms. The SMILES string of the molecule is c1ccc(COc2cccc3ccc(Oc4ccccc4)nc23)cc1. The normalized spacial score (nSPS) is 10.6. The summed E-state index contributed by atoms with van der Waals surface area (Å²) >= 11 is 0. The Morgan fingerprint density at radius 3 is 2.24 bits per heavy atom. The van der Waals surface area contributed by atoms with Crippen LogP contribution in [-0.4, -0.2) is 4.98 Å².